The van der Waals surface area contributed by atoms with Crippen LogP contribution in [0.25, 0.3) is 0 Å². The van der Waals surface area contributed by atoms with Gasteiger partial charge >= 0.3 is 11.9 Å². The number of carbonyl (C=O) groups excluding carboxylic acids is 1. The fourth-order valence-electron chi connectivity index (χ4n) is 1.53. The molecule has 26 heavy (non-hydrogen) atoms. The van der Waals surface area contributed by atoms with Crippen molar-refractivity contribution in [3.8, 4) is 0 Å². The van der Waals surface area contributed by atoms with E-state index < -0.39 is 26.7 Å². The molecule has 10 heteroatoms. The number of hydrogen-bond acceptors (Lipinski definition) is 7. The Morgan fingerprint density at radius 1 is 0.846 bits per heavy atom. The maximum Gasteiger partial charge on any atom is 0.330 e. The minimum Gasteiger partial charge on any atom is -0.478 e. The third-order valence-corrected chi connectivity index (χ3v) is 5.84. The summed E-state index contributed by atoms with van der Waals surface area (Å²) in [5, 5.41) is 8.22. The molecule has 0 fully saturated rings. The van der Waals surface area contributed by atoms with Crippen LogP contribution in [0.1, 0.15) is 20.8 Å². The molecule has 0 aliphatic heterocycles. The van der Waals surface area contributed by atoms with E-state index in [4.69, 9.17) is 14.2 Å². The van der Waals surface area contributed by atoms with Crippen molar-refractivity contribution in [2.75, 3.05) is 45.5 Å². The number of carbonyl (C=O) groups is 2. The molecule has 0 aromatic carbocycles. The quantitative estimate of drug-likeness (QED) is 0.311. The molecule has 0 spiro atoms. The van der Waals surface area contributed by atoms with Crippen LogP contribution in [0.4, 0.5) is 0 Å². The highest BCUT2D eigenvalue weighted by Crippen LogP contribution is 2.42. The lowest BCUT2D eigenvalue weighted by molar-refractivity contribution is -0.137. The SMILES string of the molecule is CCOC(=O)/C=C/CP(C)(=O)OCC.CCOP(C)(=O)C/C=C/C(=O)O. The van der Waals surface area contributed by atoms with Crippen LogP contribution in [0.5, 0.6) is 0 Å². The molecule has 0 aliphatic carbocycles. The van der Waals surface area contributed by atoms with Gasteiger partial charge in [-0.15, -0.1) is 0 Å². The van der Waals surface area contributed by atoms with E-state index in [0.717, 1.165) is 6.08 Å². The highest BCUT2D eigenvalue weighted by Gasteiger charge is 2.12. The van der Waals surface area contributed by atoms with Gasteiger partial charge in [0.2, 0.25) is 14.7 Å². The Kier molecular flexibility index (Phi) is 15.5. The predicted octanol–water partition coefficient (Wildman–Crippen LogP) is 3.62. The van der Waals surface area contributed by atoms with Crippen molar-refractivity contribution in [3.05, 3.63) is 24.3 Å². The van der Waals surface area contributed by atoms with Gasteiger partial charge in [-0.2, -0.15) is 0 Å². The normalized spacial score (nSPS) is 15.7. The number of rotatable bonds is 11. The molecule has 2 atom stereocenters. The second-order valence-electron chi connectivity index (χ2n) is 5.12. The standard InChI is InChI=1S/C9H17O4P.C7H13O4P/c1-4-12-9(10)7-6-8-14(3,11)13-5-2;1-3-11-12(2,10)6-4-5-7(8)9/h6-7H,4-5,8H2,1-3H3;4-5H,3,6H2,1-2H3,(H,8,9)/b7-6+;5-4+. The average Bonchev–Trinajstić information content (AvgIpc) is 2.47. The summed E-state index contributed by atoms with van der Waals surface area (Å²) in [6, 6.07) is 0. The summed E-state index contributed by atoms with van der Waals surface area (Å²) in [5.41, 5.74) is 0. The van der Waals surface area contributed by atoms with Crippen molar-refractivity contribution in [2.45, 2.75) is 20.8 Å². The van der Waals surface area contributed by atoms with Gasteiger partial charge in [0, 0.05) is 37.8 Å². The van der Waals surface area contributed by atoms with E-state index in [1.54, 1.807) is 27.4 Å². The number of allylic oxidation sites excluding steroid dienone is 2. The number of carboxylic acid groups (broad SMARTS) is 1. The Balaban J connectivity index is 0. The zero-order valence-corrected chi connectivity index (χ0v) is 17.8. The van der Waals surface area contributed by atoms with E-state index in [9.17, 15) is 18.7 Å². The second kappa shape index (κ2) is 14.9. The molecule has 0 aliphatic rings. The van der Waals surface area contributed by atoms with Gasteiger partial charge in [0.15, 0.2) is 0 Å². The molecule has 0 saturated heterocycles. The lowest BCUT2D eigenvalue weighted by Gasteiger charge is -2.08. The Bertz CT molecular complexity index is 569. The van der Waals surface area contributed by atoms with Crippen LogP contribution in [-0.2, 0) is 32.5 Å². The minimum atomic E-state index is -2.60. The summed E-state index contributed by atoms with van der Waals surface area (Å²) >= 11 is 0. The van der Waals surface area contributed by atoms with Crippen LogP contribution in [0.15, 0.2) is 24.3 Å². The summed E-state index contributed by atoms with van der Waals surface area (Å²) in [6.07, 6.45) is 5.55. The molecule has 1 N–H and O–H groups in total. The lowest BCUT2D eigenvalue weighted by Crippen LogP contribution is -1.99. The maximum absolute atomic E-state index is 11.5. The smallest absolute Gasteiger partial charge is 0.330 e. The highest BCUT2D eigenvalue weighted by molar-refractivity contribution is 7.58. The number of aliphatic carboxylic acids is 1. The van der Waals surface area contributed by atoms with Gasteiger partial charge in [-0.1, -0.05) is 12.2 Å². The van der Waals surface area contributed by atoms with Crippen LogP contribution >= 0.6 is 14.7 Å². The van der Waals surface area contributed by atoms with E-state index in [1.165, 1.54) is 24.9 Å². The second-order valence-corrected chi connectivity index (χ2v) is 10.4. The molecule has 8 nitrogen and oxygen atoms in total. The van der Waals surface area contributed by atoms with E-state index in [-0.39, 0.29) is 12.3 Å². The first-order valence-electron chi connectivity index (χ1n) is 8.14. The van der Waals surface area contributed by atoms with Crippen molar-refractivity contribution in [2.24, 2.45) is 0 Å². The van der Waals surface area contributed by atoms with Crippen molar-refractivity contribution < 1.29 is 37.6 Å². The maximum atomic E-state index is 11.5. The number of hydrogen-bond donors (Lipinski definition) is 1. The Labute approximate surface area is 155 Å². The Morgan fingerprint density at radius 2 is 1.27 bits per heavy atom. The first-order chi connectivity index (χ1) is 12.0. The summed E-state index contributed by atoms with van der Waals surface area (Å²) in [6.45, 7) is 9.45. The zero-order valence-electron chi connectivity index (χ0n) is 16.0. The van der Waals surface area contributed by atoms with Crippen molar-refractivity contribution in [3.63, 3.8) is 0 Å². The van der Waals surface area contributed by atoms with Crippen LogP contribution in [0, 0.1) is 0 Å². The molecule has 0 heterocycles. The van der Waals surface area contributed by atoms with Gasteiger partial charge in [-0.3, -0.25) is 9.13 Å². The monoisotopic (exact) mass is 412 g/mol. The van der Waals surface area contributed by atoms with E-state index >= 15 is 0 Å². The van der Waals surface area contributed by atoms with Crippen LogP contribution in [0.3, 0.4) is 0 Å². The van der Waals surface area contributed by atoms with Crippen LogP contribution in [0.2, 0.25) is 0 Å². The minimum absolute atomic E-state index is 0.174. The average molecular weight is 412 g/mol. The van der Waals surface area contributed by atoms with Gasteiger partial charge in [0.1, 0.15) is 0 Å². The van der Waals surface area contributed by atoms with Gasteiger partial charge in [0.05, 0.1) is 19.8 Å². The fourth-order valence-corrected chi connectivity index (χ4v) is 3.81. The van der Waals surface area contributed by atoms with E-state index in [2.05, 4.69) is 4.74 Å². The summed E-state index contributed by atoms with van der Waals surface area (Å²) in [4.78, 5) is 20.9. The molecular formula is C16H30O8P2. The fraction of sp³-hybridized carbons (Fsp3) is 0.625. The Hall–Kier alpha value is -1.20. The third-order valence-electron chi connectivity index (χ3n) is 2.48. The molecule has 2 unspecified atom stereocenters. The number of carboxylic acids is 1. The van der Waals surface area contributed by atoms with Crippen LogP contribution in [-0.4, -0.2) is 62.5 Å². The van der Waals surface area contributed by atoms with E-state index in [1.807, 2.05) is 0 Å². The molecule has 0 bridgehead atoms. The molecule has 0 rings (SSSR count). The molecular weight excluding hydrogens is 382 g/mol. The lowest BCUT2D eigenvalue weighted by atomic mass is 10.5. The topological polar surface area (TPSA) is 116 Å². The molecule has 0 aromatic rings. The van der Waals surface area contributed by atoms with Gasteiger partial charge < -0.3 is 18.9 Å². The molecule has 0 aromatic heterocycles. The first-order valence-corrected chi connectivity index (χ1v) is 12.7. The first kappa shape index (κ1) is 27.0. The van der Waals surface area contributed by atoms with Crippen LogP contribution < -0.4 is 0 Å². The number of esters is 1. The molecule has 0 radical (unpaired) electrons. The number of ether oxygens (including phenoxy) is 1. The molecule has 0 saturated carbocycles. The van der Waals surface area contributed by atoms with Gasteiger partial charge in [0.25, 0.3) is 0 Å². The van der Waals surface area contributed by atoms with Crippen molar-refractivity contribution in [1.29, 1.82) is 0 Å². The third kappa shape index (κ3) is 19.1. The van der Waals surface area contributed by atoms with Gasteiger partial charge in [-0.05, 0) is 20.8 Å². The van der Waals surface area contributed by atoms with E-state index in [0.29, 0.717) is 19.8 Å². The molecule has 0 amide bonds. The summed E-state index contributed by atoms with van der Waals surface area (Å²) in [5.74, 6) is -1.45. The largest absolute Gasteiger partial charge is 0.478 e. The van der Waals surface area contributed by atoms with Crippen molar-refractivity contribution in [1.82, 2.24) is 0 Å². The molecule has 152 valence electrons. The zero-order chi connectivity index (χ0) is 20.6. The highest BCUT2D eigenvalue weighted by atomic mass is 31.2. The predicted molar refractivity (Wildman–Crippen MR) is 103 cm³/mol. The summed E-state index contributed by atoms with van der Waals surface area (Å²) in [7, 11) is -5.16. The van der Waals surface area contributed by atoms with Crippen molar-refractivity contribution >= 4 is 26.7 Å². The van der Waals surface area contributed by atoms with Gasteiger partial charge in [-0.25, -0.2) is 9.59 Å². The Morgan fingerprint density at radius 3 is 1.62 bits per heavy atom. The summed E-state index contributed by atoms with van der Waals surface area (Å²) < 4.78 is 37.5.